The minimum absolute atomic E-state index is 0.111. The minimum Gasteiger partial charge on any atom is -0.497 e. The first kappa shape index (κ1) is 22.4. The fourth-order valence-corrected chi connectivity index (χ4v) is 3.50. The van der Waals surface area contributed by atoms with Gasteiger partial charge >= 0.3 is 6.03 Å². The van der Waals surface area contributed by atoms with Gasteiger partial charge in [0.2, 0.25) is 0 Å². The molecule has 3 rings (SSSR count). The number of carbonyl (C=O) groups excluding carboxylic acids is 2. The summed E-state index contributed by atoms with van der Waals surface area (Å²) in [6.45, 7) is 3.91. The van der Waals surface area contributed by atoms with Gasteiger partial charge in [-0.3, -0.25) is 4.79 Å². The normalized spacial score (nSPS) is 14.1. The van der Waals surface area contributed by atoms with E-state index in [9.17, 15) is 14.0 Å². The number of aryl methyl sites for hydroxylation is 1. The van der Waals surface area contributed by atoms with Crippen molar-refractivity contribution in [1.82, 2.24) is 16.0 Å². The number of benzene rings is 2. The van der Waals surface area contributed by atoms with Crippen LogP contribution in [0.3, 0.4) is 0 Å². The lowest BCUT2D eigenvalue weighted by Gasteiger charge is -2.34. The van der Waals surface area contributed by atoms with E-state index in [1.165, 1.54) is 6.07 Å². The Kier molecular flexibility index (Phi) is 7.70. The van der Waals surface area contributed by atoms with E-state index in [2.05, 4.69) is 20.9 Å². The molecule has 1 aliphatic rings. The molecule has 0 radical (unpaired) electrons. The number of halogens is 1. The molecule has 166 valence electrons. The quantitative estimate of drug-likeness (QED) is 0.593. The summed E-state index contributed by atoms with van der Waals surface area (Å²) in [5.41, 5.74) is 1.90. The average molecular weight is 429 g/mol. The van der Waals surface area contributed by atoms with Crippen molar-refractivity contribution in [2.24, 2.45) is 0 Å². The number of piperidine rings is 1. The highest BCUT2D eigenvalue weighted by atomic mass is 19.1. The predicted molar refractivity (Wildman–Crippen MR) is 118 cm³/mol. The van der Waals surface area contributed by atoms with Crippen LogP contribution in [0, 0.1) is 12.7 Å². The maximum absolute atomic E-state index is 13.6. The van der Waals surface area contributed by atoms with Crippen LogP contribution >= 0.6 is 0 Å². The molecule has 3 N–H and O–H groups in total. The number of hydrogen-bond acceptors (Lipinski definition) is 4. The Morgan fingerprint density at radius 2 is 1.74 bits per heavy atom. The number of urea groups is 1. The summed E-state index contributed by atoms with van der Waals surface area (Å²) in [6, 6.07) is 12.2. The maximum atomic E-state index is 13.6. The van der Waals surface area contributed by atoms with Crippen molar-refractivity contribution < 1.29 is 18.7 Å². The molecule has 1 fully saturated rings. The van der Waals surface area contributed by atoms with E-state index in [0.29, 0.717) is 5.56 Å². The number of carbonyl (C=O) groups is 2. The molecule has 0 bridgehead atoms. The molecule has 0 aliphatic carbocycles. The Morgan fingerprint density at radius 1 is 1.06 bits per heavy atom. The van der Waals surface area contributed by atoms with Crippen molar-refractivity contribution in [3.63, 3.8) is 0 Å². The minimum atomic E-state index is -0.414. The Morgan fingerprint density at radius 3 is 2.39 bits per heavy atom. The number of methoxy groups -OCH3 is 1. The first-order valence-corrected chi connectivity index (χ1v) is 10.4. The lowest BCUT2D eigenvalue weighted by atomic mass is 10.0. The monoisotopic (exact) mass is 428 g/mol. The number of nitrogens with one attached hydrogen (secondary N) is 3. The van der Waals surface area contributed by atoms with Crippen LogP contribution in [0.5, 0.6) is 5.75 Å². The van der Waals surface area contributed by atoms with Crippen molar-refractivity contribution in [1.29, 1.82) is 0 Å². The lowest BCUT2D eigenvalue weighted by molar-refractivity contribution is 0.0953. The first-order valence-electron chi connectivity index (χ1n) is 10.4. The molecule has 31 heavy (non-hydrogen) atoms. The number of hydrogen-bond donors (Lipinski definition) is 3. The van der Waals surface area contributed by atoms with Gasteiger partial charge < -0.3 is 25.6 Å². The lowest BCUT2D eigenvalue weighted by Crippen LogP contribution is -2.49. The Labute approximate surface area is 182 Å². The van der Waals surface area contributed by atoms with Gasteiger partial charge in [-0.2, -0.15) is 0 Å². The van der Waals surface area contributed by atoms with Gasteiger partial charge in [0.1, 0.15) is 11.6 Å². The Hall–Kier alpha value is -3.29. The fourth-order valence-electron chi connectivity index (χ4n) is 3.50. The van der Waals surface area contributed by atoms with Gasteiger partial charge in [0.05, 0.1) is 7.11 Å². The summed E-state index contributed by atoms with van der Waals surface area (Å²) < 4.78 is 18.7. The van der Waals surface area contributed by atoms with Crippen LogP contribution in [0.4, 0.5) is 14.9 Å². The molecule has 2 aromatic carbocycles. The smallest absolute Gasteiger partial charge is 0.315 e. The van der Waals surface area contributed by atoms with Crippen LogP contribution in [-0.4, -0.2) is 51.3 Å². The number of ether oxygens (including phenoxy) is 1. The molecule has 0 spiro atoms. The fraction of sp³-hybridized carbons (Fsp3) is 0.391. The summed E-state index contributed by atoms with van der Waals surface area (Å²) in [6.07, 6.45) is 1.71. The molecule has 0 aromatic heterocycles. The number of rotatable bonds is 7. The zero-order chi connectivity index (χ0) is 22.2. The van der Waals surface area contributed by atoms with Crippen molar-refractivity contribution in [2.45, 2.75) is 25.8 Å². The first-order chi connectivity index (χ1) is 15.0. The molecule has 1 heterocycles. The summed E-state index contributed by atoms with van der Waals surface area (Å²) in [4.78, 5) is 26.4. The molecule has 0 unspecified atom stereocenters. The third kappa shape index (κ3) is 6.34. The predicted octanol–water partition coefficient (Wildman–Crippen LogP) is 2.84. The highest BCUT2D eigenvalue weighted by molar-refractivity contribution is 5.94. The number of nitrogens with zero attached hydrogens (tertiary/aromatic N) is 1. The molecule has 7 nitrogen and oxygen atoms in total. The van der Waals surface area contributed by atoms with E-state index in [-0.39, 0.29) is 36.6 Å². The van der Waals surface area contributed by atoms with E-state index in [0.717, 1.165) is 37.4 Å². The van der Waals surface area contributed by atoms with Crippen molar-refractivity contribution in [2.75, 3.05) is 38.2 Å². The van der Waals surface area contributed by atoms with Crippen molar-refractivity contribution in [3.8, 4) is 5.75 Å². The van der Waals surface area contributed by atoms with Crippen LogP contribution < -0.4 is 25.6 Å². The second-order valence-electron chi connectivity index (χ2n) is 7.58. The van der Waals surface area contributed by atoms with Crippen LogP contribution in [0.1, 0.15) is 28.8 Å². The van der Waals surface area contributed by atoms with Crippen molar-refractivity contribution >= 4 is 17.6 Å². The summed E-state index contributed by atoms with van der Waals surface area (Å²) in [5.74, 6) is 0.0504. The molecular formula is C23H29FN4O3. The standard InChI is InChI=1S/C23H29FN4O3/c1-16-3-4-17(15-21(16)24)22(29)25-11-12-26-23(30)27-18-9-13-28(14-10-18)19-5-7-20(31-2)8-6-19/h3-8,15,18H,9-14H2,1-2H3,(H,25,29)(H2,26,27,30). The van der Waals surface area contributed by atoms with Crippen LogP contribution in [0.15, 0.2) is 42.5 Å². The van der Waals surface area contributed by atoms with Gasteiger partial charge in [0.15, 0.2) is 0 Å². The zero-order valence-corrected chi connectivity index (χ0v) is 17.9. The molecule has 0 atom stereocenters. The molecule has 1 aliphatic heterocycles. The van der Waals surface area contributed by atoms with E-state index < -0.39 is 5.82 Å². The molecule has 0 saturated carbocycles. The van der Waals surface area contributed by atoms with Gasteiger partial charge in [-0.15, -0.1) is 0 Å². The zero-order valence-electron chi connectivity index (χ0n) is 17.9. The topological polar surface area (TPSA) is 82.7 Å². The SMILES string of the molecule is COc1ccc(N2CCC(NC(=O)NCCNC(=O)c3ccc(C)c(F)c3)CC2)cc1. The summed E-state index contributed by atoms with van der Waals surface area (Å²) in [7, 11) is 1.65. The second kappa shape index (κ2) is 10.7. The summed E-state index contributed by atoms with van der Waals surface area (Å²) >= 11 is 0. The van der Waals surface area contributed by atoms with Gasteiger partial charge in [-0.1, -0.05) is 6.07 Å². The van der Waals surface area contributed by atoms with E-state index in [4.69, 9.17) is 4.74 Å². The third-order valence-electron chi connectivity index (χ3n) is 5.40. The largest absolute Gasteiger partial charge is 0.497 e. The number of anilines is 1. The van der Waals surface area contributed by atoms with E-state index in [1.54, 1.807) is 26.2 Å². The molecule has 3 amide bonds. The molecule has 1 saturated heterocycles. The highest BCUT2D eigenvalue weighted by Gasteiger charge is 2.20. The van der Waals surface area contributed by atoms with Crippen molar-refractivity contribution in [3.05, 3.63) is 59.4 Å². The van der Waals surface area contributed by atoms with Crippen LogP contribution in [-0.2, 0) is 0 Å². The van der Waals surface area contributed by atoms with Gasteiger partial charge in [0, 0.05) is 43.5 Å². The average Bonchev–Trinajstić information content (AvgIpc) is 2.79. The second-order valence-corrected chi connectivity index (χ2v) is 7.58. The van der Waals surface area contributed by atoms with Gasteiger partial charge in [-0.25, -0.2) is 9.18 Å². The number of amides is 3. The van der Waals surface area contributed by atoms with E-state index in [1.807, 2.05) is 24.3 Å². The van der Waals surface area contributed by atoms with Gasteiger partial charge in [-0.05, 0) is 61.7 Å². The van der Waals surface area contributed by atoms with Crippen LogP contribution in [0.2, 0.25) is 0 Å². The van der Waals surface area contributed by atoms with Gasteiger partial charge in [0.25, 0.3) is 5.91 Å². The third-order valence-corrected chi connectivity index (χ3v) is 5.40. The molecular weight excluding hydrogens is 399 g/mol. The molecule has 2 aromatic rings. The highest BCUT2D eigenvalue weighted by Crippen LogP contribution is 2.22. The van der Waals surface area contributed by atoms with E-state index >= 15 is 0 Å². The van der Waals surface area contributed by atoms with Crippen LogP contribution in [0.25, 0.3) is 0 Å². The Balaban J connectivity index is 1.33. The molecule has 8 heteroatoms. The Bertz CT molecular complexity index is 896. The summed E-state index contributed by atoms with van der Waals surface area (Å²) in [5, 5.41) is 8.40. The maximum Gasteiger partial charge on any atom is 0.315 e.